The van der Waals surface area contributed by atoms with Crippen LogP contribution in [-0.4, -0.2) is 46.6 Å². The highest BCUT2D eigenvalue weighted by atomic mass is 32.1. The Morgan fingerprint density at radius 3 is 2.73 bits per heavy atom. The first-order valence-electron chi connectivity index (χ1n) is 8.50. The molecule has 3 N–H and O–H groups in total. The Morgan fingerprint density at radius 2 is 2.08 bits per heavy atom. The van der Waals surface area contributed by atoms with Crippen LogP contribution in [0.2, 0.25) is 0 Å². The Labute approximate surface area is 154 Å². The number of carbonyl (C=O) groups is 2. The van der Waals surface area contributed by atoms with Crippen LogP contribution in [0.5, 0.6) is 0 Å². The van der Waals surface area contributed by atoms with Crippen LogP contribution in [0.25, 0.3) is 0 Å². The fourth-order valence-electron chi connectivity index (χ4n) is 3.72. The molecule has 0 radical (unpaired) electrons. The summed E-state index contributed by atoms with van der Waals surface area (Å²) in [4.78, 5) is 31.2. The number of thiophene rings is 1. The maximum absolute atomic E-state index is 12.6. The van der Waals surface area contributed by atoms with Crippen LogP contribution in [0.1, 0.15) is 43.3 Å². The van der Waals surface area contributed by atoms with Crippen LogP contribution in [-0.2, 0) is 16.8 Å². The number of nitrogen functional groups attached to an aromatic ring is 1. The predicted octanol–water partition coefficient (Wildman–Crippen LogP) is 2.13. The summed E-state index contributed by atoms with van der Waals surface area (Å²) in [5.41, 5.74) is 6.61. The molecule has 2 aromatic rings. The maximum atomic E-state index is 12.6. The number of pyridine rings is 1. The highest BCUT2D eigenvalue weighted by Gasteiger charge is 2.43. The Balaban J connectivity index is 1.53. The molecule has 1 fully saturated rings. The summed E-state index contributed by atoms with van der Waals surface area (Å²) in [6.45, 7) is 1.70. The fraction of sp³-hybridized carbons (Fsp3) is 0.389. The first-order chi connectivity index (χ1) is 12.5. The monoisotopic (exact) mass is 373 g/mol. The molecule has 1 spiro atoms. The Hall–Kier alpha value is -2.45. The summed E-state index contributed by atoms with van der Waals surface area (Å²) >= 11 is 1.34. The first-order valence-corrected chi connectivity index (χ1v) is 9.31. The molecule has 8 heteroatoms. The van der Waals surface area contributed by atoms with E-state index in [9.17, 15) is 14.7 Å². The van der Waals surface area contributed by atoms with Crippen LogP contribution in [0, 0.1) is 0 Å². The molecule has 0 unspecified atom stereocenters. The van der Waals surface area contributed by atoms with Gasteiger partial charge in [-0.1, -0.05) is 0 Å². The molecule has 1 amide bonds. The number of aromatic nitrogens is 1. The van der Waals surface area contributed by atoms with E-state index in [1.807, 2.05) is 0 Å². The molecular formula is C18H19N3O4S. The smallest absolute Gasteiger partial charge is 0.345 e. The SMILES string of the molecule is Nc1ccc(C(=O)N2CCC3(CC2)OCCc2sc(C(=O)O)cc23)cn1. The average Bonchev–Trinajstić information content (AvgIpc) is 3.09. The van der Waals surface area contributed by atoms with Gasteiger partial charge in [0.25, 0.3) is 5.91 Å². The Morgan fingerprint density at radius 1 is 1.31 bits per heavy atom. The van der Waals surface area contributed by atoms with E-state index in [1.54, 1.807) is 23.1 Å². The molecule has 26 heavy (non-hydrogen) atoms. The predicted molar refractivity (Wildman–Crippen MR) is 96.4 cm³/mol. The lowest BCUT2D eigenvalue weighted by molar-refractivity contribution is -0.0926. The van der Waals surface area contributed by atoms with E-state index in [4.69, 9.17) is 10.5 Å². The number of ether oxygens (including phenoxy) is 1. The van der Waals surface area contributed by atoms with Gasteiger partial charge in [-0.25, -0.2) is 9.78 Å². The number of carboxylic acids is 1. The van der Waals surface area contributed by atoms with E-state index in [-0.39, 0.29) is 5.91 Å². The Bertz CT molecular complexity index is 854. The number of nitrogens with two attached hydrogens (primary N) is 1. The molecule has 0 saturated carbocycles. The van der Waals surface area contributed by atoms with Gasteiger partial charge in [0, 0.05) is 30.6 Å². The molecule has 0 aliphatic carbocycles. The molecule has 7 nitrogen and oxygen atoms in total. The molecule has 0 atom stereocenters. The van der Waals surface area contributed by atoms with Crippen molar-refractivity contribution in [3.05, 3.63) is 45.3 Å². The van der Waals surface area contributed by atoms with Gasteiger partial charge in [0.2, 0.25) is 0 Å². The number of carboxylic acid groups (broad SMARTS) is 1. The van der Waals surface area contributed by atoms with E-state index in [1.165, 1.54) is 17.5 Å². The zero-order valence-electron chi connectivity index (χ0n) is 14.1. The largest absolute Gasteiger partial charge is 0.477 e. The van der Waals surface area contributed by atoms with E-state index in [0.29, 0.717) is 48.8 Å². The van der Waals surface area contributed by atoms with Crippen molar-refractivity contribution < 1.29 is 19.4 Å². The number of fused-ring (bicyclic) bond motifs is 2. The summed E-state index contributed by atoms with van der Waals surface area (Å²) in [7, 11) is 0. The highest BCUT2D eigenvalue weighted by Crippen LogP contribution is 2.44. The second kappa shape index (κ2) is 6.37. The molecule has 4 heterocycles. The third kappa shape index (κ3) is 2.85. The van der Waals surface area contributed by atoms with Crippen LogP contribution >= 0.6 is 11.3 Å². The number of hydrogen-bond acceptors (Lipinski definition) is 6. The van der Waals surface area contributed by atoms with Crippen molar-refractivity contribution in [2.24, 2.45) is 0 Å². The quantitative estimate of drug-likeness (QED) is 0.835. The third-order valence-corrected chi connectivity index (χ3v) is 6.29. The second-order valence-electron chi connectivity index (χ2n) is 6.61. The van der Waals surface area contributed by atoms with Gasteiger partial charge in [-0.05, 0) is 36.6 Å². The first kappa shape index (κ1) is 17.0. The maximum Gasteiger partial charge on any atom is 0.345 e. The van der Waals surface area contributed by atoms with Crippen molar-refractivity contribution in [1.82, 2.24) is 9.88 Å². The van der Waals surface area contributed by atoms with Crippen molar-refractivity contribution in [3.8, 4) is 0 Å². The number of carbonyl (C=O) groups excluding carboxylic acids is 1. The van der Waals surface area contributed by atoms with Crippen LogP contribution in [0.15, 0.2) is 24.4 Å². The molecule has 0 bridgehead atoms. The van der Waals surface area contributed by atoms with Crippen molar-refractivity contribution in [2.45, 2.75) is 24.9 Å². The van der Waals surface area contributed by atoms with E-state index < -0.39 is 11.6 Å². The third-order valence-electron chi connectivity index (χ3n) is 5.11. The number of aromatic carboxylic acids is 1. The number of hydrogen-bond donors (Lipinski definition) is 2. The number of anilines is 1. The van der Waals surface area contributed by atoms with Crippen molar-refractivity contribution >= 4 is 29.0 Å². The minimum absolute atomic E-state index is 0.0695. The topological polar surface area (TPSA) is 106 Å². The van der Waals surface area contributed by atoms with Gasteiger partial charge in [-0.15, -0.1) is 11.3 Å². The number of nitrogens with zero attached hydrogens (tertiary/aromatic N) is 2. The molecule has 136 valence electrons. The lowest BCUT2D eigenvalue weighted by atomic mass is 9.82. The van der Waals surface area contributed by atoms with Gasteiger partial charge in [-0.3, -0.25) is 4.79 Å². The molecule has 1 saturated heterocycles. The summed E-state index contributed by atoms with van der Waals surface area (Å²) in [6.07, 6.45) is 3.55. The van der Waals surface area contributed by atoms with Gasteiger partial charge >= 0.3 is 5.97 Å². The number of piperidine rings is 1. The van der Waals surface area contributed by atoms with Gasteiger partial charge in [0.05, 0.1) is 17.8 Å². The summed E-state index contributed by atoms with van der Waals surface area (Å²) in [5.74, 6) is -0.586. The Kier molecular flexibility index (Phi) is 4.16. The normalized spacial score (nSPS) is 18.5. The minimum atomic E-state index is -0.900. The summed E-state index contributed by atoms with van der Waals surface area (Å²) in [6, 6.07) is 5.05. The van der Waals surface area contributed by atoms with Crippen LogP contribution in [0.4, 0.5) is 5.82 Å². The lowest BCUT2D eigenvalue weighted by Gasteiger charge is -2.44. The van der Waals surface area contributed by atoms with E-state index in [2.05, 4.69) is 4.98 Å². The molecule has 0 aromatic carbocycles. The summed E-state index contributed by atoms with van der Waals surface area (Å²) in [5, 5.41) is 9.28. The zero-order valence-corrected chi connectivity index (χ0v) is 14.9. The van der Waals surface area contributed by atoms with Crippen molar-refractivity contribution in [3.63, 3.8) is 0 Å². The number of rotatable bonds is 2. The van der Waals surface area contributed by atoms with Gasteiger partial charge in [-0.2, -0.15) is 0 Å². The molecule has 2 aromatic heterocycles. The molecule has 2 aliphatic heterocycles. The van der Waals surface area contributed by atoms with Gasteiger partial charge < -0.3 is 20.5 Å². The summed E-state index contributed by atoms with van der Waals surface area (Å²) < 4.78 is 6.12. The standard InChI is InChI=1S/C18H19N3O4S/c19-15-2-1-11(10-20-15)16(22)21-6-4-18(5-7-21)12-9-14(17(23)24)26-13(12)3-8-25-18/h1-2,9-10H,3-8H2,(H2,19,20)(H,23,24). The van der Waals surface area contributed by atoms with E-state index >= 15 is 0 Å². The molecule has 4 rings (SSSR count). The molecular weight excluding hydrogens is 354 g/mol. The van der Waals surface area contributed by atoms with Crippen molar-refractivity contribution in [1.29, 1.82) is 0 Å². The highest BCUT2D eigenvalue weighted by molar-refractivity contribution is 7.14. The van der Waals surface area contributed by atoms with Crippen LogP contribution < -0.4 is 5.73 Å². The van der Waals surface area contributed by atoms with E-state index in [0.717, 1.165) is 16.9 Å². The lowest BCUT2D eigenvalue weighted by Crippen LogP contribution is -2.48. The molecule has 2 aliphatic rings. The van der Waals surface area contributed by atoms with Crippen LogP contribution in [0.3, 0.4) is 0 Å². The van der Waals surface area contributed by atoms with Crippen molar-refractivity contribution in [2.75, 3.05) is 25.4 Å². The number of likely N-dealkylation sites (tertiary alicyclic amines) is 1. The average molecular weight is 373 g/mol. The van der Waals surface area contributed by atoms with Gasteiger partial charge in [0.15, 0.2) is 0 Å². The minimum Gasteiger partial charge on any atom is -0.477 e. The van der Waals surface area contributed by atoms with Gasteiger partial charge in [0.1, 0.15) is 10.7 Å². The zero-order chi connectivity index (χ0) is 18.3. The second-order valence-corrected chi connectivity index (χ2v) is 7.75. The number of amides is 1. The fourth-order valence-corrected chi connectivity index (χ4v) is 4.79.